The fourth-order valence-electron chi connectivity index (χ4n) is 1.28. The molecule has 2 aliphatic rings. The molecule has 0 aliphatic carbocycles. The van der Waals surface area contributed by atoms with E-state index in [1.165, 1.54) is 0 Å². The van der Waals surface area contributed by atoms with E-state index in [0.29, 0.717) is 12.0 Å². The monoisotopic (exact) mass is 158 g/mol. The van der Waals surface area contributed by atoms with Crippen LogP contribution >= 0.6 is 11.8 Å². The molecule has 1 fully saturated rings. The number of fused-ring (bicyclic) bond motifs is 1. The minimum absolute atomic E-state index is 0.362. The molecule has 2 atom stereocenters. The van der Waals surface area contributed by atoms with Gasteiger partial charge in [-0.15, -0.1) is 0 Å². The average Bonchev–Trinajstić information content (AvgIpc) is 2.33. The van der Waals surface area contributed by atoms with Gasteiger partial charge in [-0.25, -0.2) is 0 Å². The van der Waals surface area contributed by atoms with Crippen LogP contribution in [-0.2, 0) is 4.74 Å². The third kappa shape index (κ3) is 1.01. The summed E-state index contributed by atoms with van der Waals surface area (Å²) < 4.78 is 5.26. The SMILES string of the molecule is NC1=NC2COCC2CS1. The summed E-state index contributed by atoms with van der Waals surface area (Å²) >= 11 is 1.64. The fraction of sp³-hybridized carbons (Fsp3) is 0.833. The van der Waals surface area contributed by atoms with Crippen molar-refractivity contribution in [1.82, 2.24) is 0 Å². The minimum atomic E-state index is 0.362. The lowest BCUT2D eigenvalue weighted by atomic mass is 10.1. The van der Waals surface area contributed by atoms with E-state index in [1.807, 2.05) is 0 Å². The van der Waals surface area contributed by atoms with Gasteiger partial charge in [0.05, 0.1) is 19.3 Å². The van der Waals surface area contributed by atoms with E-state index in [1.54, 1.807) is 11.8 Å². The first kappa shape index (κ1) is 6.49. The van der Waals surface area contributed by atoms with E-state index >= 15 is 0 Å². The van der Waals surface area contributed by atoms with Crippen molar-refractivity contribution in [2.24, 2.45) is 16.6 Å². The van der Waals surface area contributed by atoms with Crippen LogP contribution in [0.5, 0.6) is 0 Å². The molecule has 0 radical (unpaired) electrons. The maximum absolute atomic E-state index is 5.55. The molecule has 0 spiro atoms. The number of nitrogens with two attached hydrogens (primary N) is 1. The van der Waals surface area contributed by atoms with Gasteiger partial charge in [-0.2, -0.15) is 0 Å². The van der Waals surface area contributed by atoms with Crippen molar-refractivity contribution in [3.8, 4) is 0 Å². The third-order valence-electron chi connectivity index (χ3n) is 1.90. The largest absolute Gasteiger partial charge is 0.379 e. The Labute approximate surface area is 64.0 Å². The topological polar surface area (TPSA) is 47.6 Å². The molecule has 0 aromatic carbocycles. The molecular weight excluding hydrogens is 148 g/mol. The minimum Gasteiger partial charge on any atom is -0.379 e. The van der Waals surface area contributed by atoms with Crippen molar-refractivity contribution in [2.75, 3.05) is 19.0 Å². The first-order valence-corrected chi connectivity index (χ1v) is 4.38. The Balaban J connectivity index is 2.13. The molecule has 10 heavy (non-hydrogen) atoms. The quantitative estimate of drug-likeness (QED) is 0.542. The zero-order valence-corrected chi connectivity index (χ0v) is 6.43. The summed E-state index contributed by atoms with van der Waals surface area (Å²) in [5.41, 5.74) is 5.55. The second-order valence-electron chi connectivity index (χ2n) is 2.64. The van der Waals surface area contributed by atoms with Crippen molar-refractivity contribution < 1.29 is 4.74 Å². The van der Waals surface area contributed by atoms with Crippen LogP contribution in [0.4, 0.5) is 0 Å². The van der Waals surface area contributed by atoms with E-state index in [4.69, 9.17) is 10.5 Å². The Morgan fingerprint density at radius 2 is 2.50 bits per heavy atom. The highest BCUT2D eigenvalue weighted by atomic mass is 32.2. The number of thioether (sulfide) groups is 1. The lowest BCUT2D eigenvalue weighted by Crippen LogP contribution is -2.28. The summed E-state index contributed by atoms with van der Waals surface area (Å²) in [5, 5.41) is 0.728. The molecule has 0 aromatic heterocycles. The first-order chi connectivity index (χ1) is 4.86. The van der Waals surface area contributed by atoms with Gasteiger partial charge in [-0.3, -0.25) is 4.99 Å². The maximum Gasteiger partial charge on any atom is 0.154 e. The van der Waals surface area contributed by atoms with E-state index in [0.717, 1.165) is 24.1 Å². The van der Waals surface area contributed by atoms with Crippen molar-refractivity contribution in [3.05, 3.63) is 0 Å². The van der Waals surface area contributed by atoms with Crippen molar-refractivity contribution in [1.29, 1.82) is 0 Å². The number of hydrogen-bond donors (Lipinski definition) is 1. The van der Waals surface area contributed by atoms with Crippen LogP contribution < -0.4 is 5.73 Å². The Bertz CT molecular complexity index is 171. The van der Waals surface area contributed by atoms with E-state index in [2.05, 4.69) is 4.99 Å². The molecule has 0 aromatic rings. The molecule has 2 unspecified atom stereocenters. The van der Waals surface area contributed by atoms with E-state index in [-0.39, 0.29) is 0 Å². The second-order valence-corrected chi connectivity index (χ2v) is 3.68. The first-order valence-electron chi connectivity index (χ1n) is 3.40. The molecule has 3 nitrogen and oxygen atoms in total. The zero-order chi connectivity index (χ0) is 6.97. The number of ether oxygens (including phenoxy) is 1. The standard InChI is InChI=1S/C6H10N2OS/c7-6-8-5-2-9-1-4(5)3-10-6/h4-5H,1-3H2,(H2,7,8). The van der Waals surface area contributed by atoms with Crippen LogP contribution in [0.1, 0.15) is 0 Å². The maximum atomic E-state index is 5.55. The molecule has 2 heterocycles. The lowest BCUT2D eigenvalue weighted by molar-refractivity contribution is 0.187. The Morgan fingerprint density at radius 1 is 1.60 bits per heavy atom. The summed E-state index contributed by atoms with van der Waals surface area (Å²) in [4.78, 5) is 4.28. The van der Waals surface area contributed by atoms with Gasteiger partial charge >= 0.3 is 0 Å². The molecule has 2 rings (SSSR count). The zero-order valence-electron chi connectivity index (χ0n) is 5.62. The van der Waals surface area contributed by atoms with Gasteiger partial charge in [0.15, 0.2) is 5.17 Å². The molecule has 1 saturated heterocycles. The average molecular weight is 158 g/mol. The summed E-state index contributed by atoms with van der Waals surface area (Å²) in [6.45, 7) is 1.64. The van der Waals surface area contributed by atoms with Crippen molar-refractivity contribution in [3.63, 3.8) is 0 Å². The normalized spacial score (nSPS) is 39.0. The lowest BCUT2D eigenvalue weighted by Gasteiger charge is -2.18. The summed E-state index contributed by atoms with van der Waals surface area (Å²) in [6.07, 6.45) is 0. The highest BCUT2D eigenvalue weighted by Crippen LogP contribution is 2.26. The number of nitrogens with zero attached hydrogens (tertiary/aromatic N) is 1. The fourth-order valence-corrected chi connectivity index (χ4v) is 2.20. The molecule has 0 saturated carbocycles. The molecular formula is C6H10N2OS. The van der Waals surface area contributed by atoms with Gasteiger partial charge in [0.25, 0.3) is 0 Å². The number of rotatable bonds is 0. The van der Waals surface area contributed by atoms with Crippen LogP contribution in [-0.4, -0.2) is 30.2 Å². The van der Waals surface area contributed by atoms with Crippen LogP contribution in [0.15, 0.2) is 4.99 Å². The molecule has 4 heteroatoms. The van der Waals surface area contributed by atoms with Gasteiger partial charge in [0.2, 0.25) is 0 Å². The summed E-state index contributed by atoms with van der Waals surface area (Å²) in [5.74, 6) is 1.71. The van der Waals surface area contributed by atoms with Gasteiger partial charge in [0, 0.05) is 11.7 Å². The predicted molar refractivity (Wildman–Crippen MR) is 42.2 cm³/mol. The van der Waals surface area contributed by atoms with Crippen molar-refractivity contribution >= 4 is 16.9 Å². The van der Waals surface area contributed by atoms with Gasteiger partial charge in [0.1, 0.15) is 0 Å². The summed E-state index contributed by atoms with van der Waals surface area (Å²) in [7, 11) is 0. The van der Waals surface area contributed by atoms with Crippen LogP contribution in [0.2, 0.25) is 0 Å². The molecule has 2 aliphatic heterocycles. The Hall–Kier alpha value is -0.220. The van der Waals surface area contributed by atoms with Crippen molar-refractivity contribution in [2.45, 2.75) is 6.04 Å². The second kappa shape index (κ2) is 2.43. The molecule has 0 amide bonds. The van der Waals surface area contributed by atoms with Gasteiger partial charge in [-0.1, -0.05) is 11.8 Å². The summed E-state index contributed by atoms with van der Waals surface area (Å²) in [6, 6.07) is 0.362. The van der Waals surface area contributed by atoms with Crippen LogP contribution in [0.3, 0.4) is 0 Å². The number of amidine groups is 1. The third-order valence-corrected chi connectivity index (χ3v) is 2.90. The van der Waals surface area contributed by atoms with Crippen LogP contribution in [0, 0.1) is 5.92 Å². The van der Waals surface area contributed by atoms with Crippen LogP contribution in [0.25, 0.3) is 0 Å². The molecule has 0 bridgehead atoms. The van der Waals surface area contributed by atoms with Gasteiger partial charge < -0.3 is 10.5 Å². The number of hydrogen-bond acceptors (Lipinski definition) is 4. The Kier molecular flexibility index (Phi) is 1.58. The molecule has 2 N–H and O–H groups in total. The Morgan fingerprint density at radius 3 is 3.40 bits per heavy atom. The smallest absolute Gasteiger partial charge is 0.154 e. The van der Waals surface area contributed by atoms with Gasteiger partial charge in [-0.05, 0) is 0 Å². The van der Waals surface area contributed by atoms with E-state index in [9.17, 15) is 0 Å². The highest BCUT2D eigenvalue weighted by Gasteiger charge is 2.31. The molecule has 56 valence electrons. The predicted octanol–water partition coefficient (Wildman–Crippen LogP) is 0.0629. The van der Waals surface area contributed by atoms with E-state index < -0.39 is 0 Å². The highest BCUT2D eigenvalue weighted by molar-refractivity contribution is 8.13. The number of aliphatic imine (C=N–C) groups is 1.